The number of hydrogen-bond donors (Lipinski definition) is 1. The molecule has 0 fully saturated rings. The molecule has 0 saturated carbocycles. The zero-order chi connectivity index (χ0) is 20.5. The van der Waals surface area contributed by atoms with Crippen LogP contribution in [0, 0.1) is 6.92 Å². The Kier molecular flexibility index (Phi) is 8.24. The van der Waals surface area contributed by atoms with Crippen LogP contribution in [0.2, 0.25) is 0 Å². The molecule has 4 nitrogen and oxygen atoms in total. The van der Waals surface area contributed by atoms with E-state index in [9.17, 15) is 9.59 Å². The summed E-state index contributed by atoms with van der Waals surface area (Å²) in [5.74, 6) is -0.0747. The zero-order valence-electron chi connectivity index (χ0n) is 17.4. The second kappa shape index (κ2) is 10.6. The lowest BCUT2D eigenvalue weighted by molar-refractivity contribution is -0.141. The van der Waals surface area contributed by atoms with Crippen LogP contribution in [0.1, 0.15) is 50.3 Å². The van der Waals surface area contributed by atoms with Crippen LogP contribution in [-0.4, -0.2) is 28.8 Å². The molecule has 2 amide bonds. The number of carbonyl (C=O) groups excluding carboxylic acids is 2. The minimum atomic E-state index is -0.466. The van der Waals surface area contributed by atoms with E-state index in [2.05, 4.69) is 11.4 Å². The molecule has 0 heterocycles. The van der Waals surface area contributed by atoms with Gasteiger partial charge < -0.3 is 10.2 Å². The Labute approximate surface area is 169 Å². The maximum Gasteiger partial charge on any atom is 0.243 e. The van der Waals surface area contributed by atoms with E-state index in [0.29, 0.717) is 25.8 Å². The summed E-state index contributed by atoms with van der Waals surface area (Å²) in [7, 11) is 0. The van der Waals surface area contributed by atoms with Gasteiger partial charge in [0.25, 0.3) is 0 Å². The van der Waals surface area contributed by atoms with Gasteiger partial charge in [-0.2, -0.15) is 0 Å². The largest absolute Gasteiger partial charge is 0.352 e. The molecule has 0 saturated heterocycles. The first kappa shape index (κ1) is 21.7. The molecule has 1 atom stereocenters. The van der Waals surface area contributed by atoms with Gasteiger partial charge in [0.15, 0.2) is 0 Å². The van der Waals surface area contributed by atoms with E-state index >= 15 is 0 Å². The highest BCUT2D eigenvalue weighted by Gasteiger charge is 2.28. The zero-order valence-corrected chi connectivity index (χ0v) is 17.4. The number of carbonyl (C=O) groups is 2. The van der Waals surface area contributed by atoms with Crippen molar-refractivity contribution in [1.29, 1.82) is 0 Å². The summed E-state index contributed by atoms with van der Waals surface area (Å²) in [6.07, 6.45) is 1.65. The van der Waals surface area contributed by atoms with Gasteiger partial charge in [0.05, 0.1) is 0 Å². The average Bonchev–Trinajstić information content (AvgIpc) is 2.66. The topological polar surface area (TPSA) is 49.4 Å². The number of benzene rings is 2. The van der Waals surface area contributed by atoms with E-state index in [1.807, 2.05) is 76.2 Å². The maximum absolute atomic E-state index is 13.1. The Balaban J connectivity index is 2.20. The third kappa shape index (κ3) is 6.52. The number of aryl methyl sites for hydroxylation is 2. The number of rotatable bonds is 9. The molecule has 0 aliphatic rings. The summed E-state index contributed by atoms with van der Waals surface area (Å²) in [4.78, 5) is 27.6. The molecule has 2 aromatic rings. The lowest BCUT2D eigenvalue weighted by atomic mass is 10.1. The molecule has 2 aromatic carbocycles. The summed E-state index contributed by atoms with van der Waals surface area (Å²) in [5.41, 5.74) is 3.32. The van der Waals surface area contributed by atoms with Crippen LogP contribution in [0.15, 0.2) is 54.6 Å². The Morgan fingerprint density at radius 3 is 2.29 bits per heavy atom. The van der Waals surface area contributed by atoms with Gasteiger partial charge >= 0.3 is 0 Å². The second-order valence-corrected chi connectivity index (χ2v) is 7.58. The normalized spacial score (nSPS) is 11.9. The minimum absolute atomic E-state index is 0.0103. The second-order valence-electron chi connectivity index (χ2n) is 7.58. The summed E-state index contributed by atoms with van der Waals surface area (Å²) in [5, 5.41) is 2.97. The van der Waals surface area contributed by atoms with Crippen molar-refractivity contribution in [3.63, 3.8) is 0 Å². The lowest BCUT2D eigenvalue weighted by Crippen LogP contribution is -2.50. The molecule has 150 valence electrons. The number of hydrogen-bond acceptors (Lipinski definition) is 2. The van der Waals surface area contributed by atoms with Gasteiger partial charge in [-0.05, 0) is 44.7 Å². The number of nitrogens with zero attached hydrogens (tertiary/aromatic N) is 1. The molecule has 1 unspecified atom stereocenters. The van der Waals surface area contributed by atoms with Crippen LogP contribution in [0.25, 0.3) is 0 Å². The molecule has 0 aromatic heterocycles. The first-order chi connectivity index (χ1) is 13.4. The van der Waals surface area contributed by atoms with Gasteiger partial charge in [-0.15, -0.1) is 0 Å². The van der Waals surface area contributed by atoms with Crippen LogP contribution in [0.5, 0.6) is 0 Å². The minimum Gasteiger partial charge on any atom is -0.352 e. The van der Waals surface area contributed by atoms with Crippen LogP contribution in [0.3, 0.4) is 0 Å². The molecular weight excluding hydrogens is 348 g/mol. The molecule has 0 radical (unpaired) electrons. The Morgan fingerprint density at radius 1 is 1.00 bits per heavy atom. The fraction of sp³-hybridized carbons (Fsp3) is 0.417. The summed E-state index contributed by atoms with van der Waals surface area (Å²) < 4.78 is 0. The van der Waals surface area contributed by atoms with Gasteiger partial charge in [0.1, 0.15) is 6.04 Å². The molecule has 0 aliphatic carbocycles. The van der Waals surface area contributed by atoms with Crippen molar-refractivity contribution in [2.75, 3.05) is 0 Å². The Morgan fingerprint density at radius 2 is 1.68 bits per heavy atom. The predicted octanol–water partition coefficient (Wildman–Crippen LogP) is 4.26. The van der Waals surface area contributed by atoms with Crippen LogP contribution < -0.4 is 5.32 Å². The number of nitrogens with one attached hydrogen (secondary N) is 1. The molecule has 1 N–H and O–H groups in total. The maximum atomic E-state index is 13.1. The van der Waals surface area contributed by atoms with Crippen molar-refractivity contribution in [2.24, 2.45) is 0 Å². The fourth-order valence-electron chi connectivity index (χ4n) is 3.35. The highest BCUT2D eigenvalue weighted by Crippen LogP contribution is 2.16. The molecule has 0 aliphatic heterocycles. The average molecular weight is 381 g/mol. The van der Waals surface area contributed by atoms with Crippen molar-refractivity contribution in [2.45, 2.75) is 65.6 Å². The third-order valence-electron chi connectivity index (χ3n) is 4.72. The van der Waals surface area contributed by atoms with Crippen molar-refractivity contribution < 1.29 is 9.59 Å². The van der Waals surface area contributed by atoms with Crippen molar-refractivity contribution in [3.05, 3.63) is 71.3 Å². The van der Waals surface area contributed by atoms with E-state index in [-0.39, 0.29) is 17.9 Å². The van der Waals surface area contributed by atoms with E-state index in [1.165, 1.54) is 0 Å². The monoisotopic (exact) mass is 380 g/mol. The molecule has 4 heteroatoms. The smallest absolute Gasteiger partial charge is 0.243 e. The van der Waals surface area contributed by atoms with E-state index in [0.717, 1.165) is 16.7 Å². The SMILES string of the molecule is CCC(C(=O)NC(C)C)N(Cc1cccc(C)c1)C(=O)CCc1ccccc1. The van der Waals surface area contributed by atoms with Gasteiger partial charge in [0, 0.05) is 19.0 Å². The standard InChI is InChI=1S/C24H32N2O2/c1-5-22(24(28)25-18(2)3)26(17-21-13-9-10-19(4)16-21)23(27)15-14-20-11-7-6-8-12-20/h6-13,16,18,22H,5,14-15,17H2,1-4H3,(H,25,28). The quantitative estimate of drug-likeness (QED) is 0.707. The molecule has 28 heavy (non-hydrogen) atoms. The van der Waals surface area contributed by atoms with E-state index < -0.39 is 6.04 Å². The molecule has 2 rings (SSSR count). The molecular formula is C24H32N2O2. The van der Waals surface area contributed by atoms with Gasteiger partial charge in [-0.3, -0.25) is 9.59 Å². The third-order valence-corrected chi connectivity index (χ3v) is 4.72. The first-order valence-electron chi connectivity index (χ1n) is 10.1. The highest BCUT2D eigenvalue weighted by molar-refractivity contribution is 5.87. The first-order valence-corrected chi connectivity index (χ1v) is 10.1. The Bertz CT molecular complexity index is 771. The van der Waals surface area contributed by atoms with Crippen LogP contribution in [-0.2, 0) is 22.6 Å². The highest BCUT2D eigenvalue weighted by atomic mass is 16.2. The van der Waals surface area contributed by atoms with Gasteiger partial charge in [0.2, 0.25) is 11.8 Å². The lowest BCUT2D eigenvalue weighted by Gasteiger charge is -2.31. The van der Waals surface area contributed by atoms with Crippen molar-refractivity contribution in [1.82, 2.24) is 10.2 Å². The number of amides is 2. The summed E-state index contributed by atoms with van der Waals surface area (Å²) in [6.45, 7) is 8.31. The summed E-state index contributed by atoms with van der Waals surface area (Å²) >= 11 is 0. The van der Waals surface area contributed by atoms with Gasteiger partial charge in [-0.25, -0.2) is 0 Å². The van der Waals surface area contributed by atoms with Gasteiger partial charge in [-0.1, -0.05) is 67.1 Å². The van der Waals surface area contributed by atoms with Crippen molar-refractivity contribution in [3.8, 4) is 0 Å². The predicted molar refractivity (Wildman–Crippen MR) is 114 cm³/mol. The van der Waals surface area contributed by atoms with Crippen LogP contribution in [0.4, 0.5) is 0 Å². The van der Waals surface area contributed by atoms with Crippen molar-refractivity contribution >= 4 is 11.8 Å². The van der Waals surface area contributed by atoms with E-state index in [1.54, 1.807) is 4.90 Å². The van der Waals surface area contributed by atoms with E-state index in [4.69, 9.17) is 0 Å². The molecule has 0 spiro atoms. The fourth-order valence-corrected chi connectivity index (χ4v) is 3.35. The Hall–Kier alpha value is -2.62. The summed E-state index contributed by atoms with van der Waals surface area (Å²) in [6, 6.07) is 17.7. The molecule has 0 bridgehead atoms. The van der Waals surface area contributed by atoms with Crippen LogP contribution >= 0.6 is 0 Å².